The molecule has 1 aliphatic rings. The molecule has 112 valence electrons. The molecule has 0 amide bonds. The molecule has 0 spiro atoms. The molecule has 1 aliphatic carbocycles. The van der Waals surface area contributed by atoms with Gasteiger partial charge in [0.25, 0.3) is 0 Å². The Labute approximate surface area is 123 Å². The third-order valence-electron chi connectivity index (χ3n) is 4.70. The average Bonchev–Trinajstić information content (AvgIpc) is 2.47. The van der Waals surface area contributed by atoms with Crippen LogP contribution in [0.4, 0.5) is 0 Å². The summed E-state index contributed by atoms with van der Waals surface area (Å²) >= 11 is 0. The van der Waals surface area contributed by atoms with Gasteiger partial charge in [-0.3, -0.25) is 4.98 Å². The number of aromatic nitrogens is 1. The first kappa shape index (κ1) is 15.3. The van der Waals surface area contributed by atoms with E-state index in [1.54, 1.807) is 7.11 Å². The van der Waals surface area contributed by atoms with E-state index < -0.39 is 0 Å². The van der Waals surface area contributed by atoms with E-state index in [4.69, 9.17) is 4.74 Å². The number of hydrogen-bond donors (Lipinski definition) is 1. The first-order valence-corrected chi connectivity index (χ1v) is 7.86. The van der Waals surface area contributed by atoms with E-state index in [1.165, 1.54) is 32.1 Å². The molecule has 1 fully saturated rings. The van der Waals surface area contributed by atoms with Gasteiger partial charge in [-0.05, 0) is 39.5 Å². The van der Waals surface area contributed by atoms with Gasteiger partial charge in [0.1, 0.15) is 5.75 Å². The van der Waals surface area contributed by atoms with Crippen molar-refractivity contribution in [2.75, 3.05) is 7.11 Å². The van der Waals surface area contributed by atoms with Crippen molar-refractivity contribution in [1.82, 2.24) is 10.3 Å². The van der Waals surface area contributed by atoms with Crippen molar-refractivity contribution in [2.24, 2.45) is 5.92 Å². The number of aryl methyl sites for hydroxylation is 1. The normalized spacial score (nSPS) is 18.0. The smallest absolute Gasteiger partial charge is 0.128 e. The van der Waals surface area contributed by atoms with Gasteiger partial charge in [-0.2, -0.15) is 0 Å². The largest absolute Gasteiger partial charge is 0.496 e. The Hall–Kier alpha value is -1.09. The molecule has 0 aromatic carbocycles. The van der Waals surface area contributed by atoms with Crippen LogP contribution in [-0.2, 0) is 6.54 Å². The maximum Gasteiger partial charge on any atom is 0.128 e. The van der Waals surface area contributed by atoms with Crippen molar-refractivity contribution >= 4 is 0 Å². The van der Waals surface area contributed by atoms with Crippen LogP contribution in [0.2, 0.25) is 0 Å². The van der Waals surface area contributed by atoms with Crippen LogP contribution < -0.4 is 10.1 Å². The van der Waals surface area contributed by atoms with Crippen molar-refractivity contribution in [3.8, 4) is 5.75 Å². The Kier molecular flexibility index (Phi) is 5.41. The molecule has 1 atom stereocenters. The fourth-order valence-corrected chi connectivity index (χ4v) is 3.31. The monoisotopic (exact) mass is 276 g/mol. The lowest BCUT2D eigenvalue weighted by molar-refractivity contribution is 0.280. The predicted molar refractivity (Wildman–Crippen MR) is 83.1 cm³/mol. The van der Waals surface area contributed by atoms with Gasteiger partial charge in [-0.25, -0.2) is 0 Å². The maximum atomic E-state index is 5.47. The summed E-state index contributed by atoms with van der Waals surface area (Å²) in [6.45, 7) is 7.29. The molecule has 0 bridgehead atoms. The number of pyridine rings is 1. The standard InChI is InChI=1S/C17H28N2O/c1-12-10-19-16(13(2)17(12)20-4)11-18-14(3)15-8-6-5-7-9-15/h10,14-15,18H,5-9,11H2,1-4H3. The molecule has 1 aromatic heterocycles. The first-order valence-electron chi connectivity index (χ1n) is 7.86. The second-order valence-electron chi connectivity index (χ2n) is 6.11. The molecule has 3 nitrogen and oxygen atoms in total. The minimum Gasteiger partial charge on any atom is -0.496 e. The zero-order chi connectivity index (χ0) is 14.5. The zero-order valence-corrected chi connectivity index (χ0v) is 13.3. The highest BCUT2D eigenvalue weighted by molar-refractivity contribution is 5.40. The summed E-state index contributed by atoms with van der Waals surface area (Å²) in [5.74, 6) is 1.80. The lowest BCUT2D eigenvalue weighted by Crippen LogP contribution is -2.34. The fourth-order valence-electron chi connectivity index (χ4n) is 3.31. The molecule has 0 saturated heterocycles. The third-order valence-corrected chi connectivity index (χ3v) is 4.70. The third kappa shape index (κ3) is 3.51. The summed E-state index contributed by atoms with van der Waals surface area (Å²) in [6, 6.07) is 0.573. The van der Waals surface area contributed by atoms with E-state index >= 15 is 0 Å². The highest BCUT2D eigenvalue weighted by Gasteiger charge is 2.20. The zero-order valence-electron chi connectivity index (χ0n) is 13.3. The van der Waals surface area contributed by atoms with E-state index in [0.717, 1.165) is 35.0 Å². The van der Waals surface area contributed by atoms with Gasteiger partial charge in [0, 0.05) is 29.9 Å². The van der Waals surface area contributed by atoms with E-state index in [1.807, 2.05) is 13.1 Å². The van der Waals surface area contributed by atoms with E-state index in [-0.39, 0.29) is 0 Å². The SMILES string of the molecule is COc1c(C)cnc(CNC(C)C2CCCCC2)c1C. The van der Waals surface area contributed by atoms with Crippen molar-refractivity contribution in [3.05, 3.63) is 23.0 Å². The van der Waals surface area contributed by atoms with Crippen LogP contribution in [0, 0.1) is 19.8 Å². The van der Waals surface area contributed by atoms with Crippen LogP contribution in [0.1, 0.15) is 55.8 Å². The van der Waals surface area contributed by atoms with Crippen molar-refractivity contribution in [3.63, 3.8) is 0 Å². The molecular weight excluding hydrogens is 248 g/mol. The summed E-state index contributed by atoms with van der Waals surface area (Å²) in [6.07, 6.45) is 8.86. The summed E-state index contributed by atoms with van der Waals surface area (Å²) in [4.78, 5) is 4.56. The molecule has 20 heavy (non-hydrogen) atoms. The average molecular weight is 276 g/mol. The van der Waals surface area contributed by atoms with Gasteiger partial charge in [-0.1, -0.05) is 19.3 Å². The first-order chi connectivity index (χ1) is 9.63. The van der Waals surface area contributed by atoms with Gasteiger partial charge >= 0.3 is 0 Å². The van der Waals surface area contributed by atoms with Gasteiger partial charge < -0.3 is 10.1 Å². The van der Waals surface area contributed by atoms with Crippen LogP contribution in [0.3, 0.4) is 0 Å². The van der Waals surface area contributed by atoms with E-state index in [0.29, 0.717) is 6.04 Å². The van der Waals surface area contributed by atoms with E-state index in [2.05, 4.69) is 24.1 Å². The van der Waals surface area contributed by atoms with Gasteiger partial charge in [0.2, 0.25) is 0 Å². The molecule has 0 radical (unpaired) electrons. The number of nitrogens with one attached hydrogen (secondary N) is 1. The van der Waals surface area contributed by atoms with Crippen molar-refractivity contribution in [2.45, 2.75) is 65.5 Å². The topological polar surface area (TPSA) is 34.1 Å². The van der Waals surface area contributed by atoms with Gasteiger partial charge in [0.05, 0.1) is 12.8 Å². The Morgan fingerprint density at radius 2 is 2.00 bits per heavy atom. The Bertz CT molecular complexity index is 439. The van der Waals surface area contributed by atoms with Crippen LogP contribution in [-0.4, -0.2) is 18.1 Å². The lowest BCUT2D eigenvalue weighted by atomic mass is 9.84. The Morgan fingerprint density at radius 1 is 1.30 bits per heavy atom. The van der Waals surface area contributed by atoms with Crippen LogP contribution in [0.5, 0.6) is 5.75 Å². The quantitative estimate of drug-likeness (QED) is 0.889. The molecule has 1 aromatic rings. The van der Waals surface area contributed by atoms with Crippen LogP contribution in [0.15, 0.2) is 6.20 Å². The summed E-state index contributed by atoms with van der Waals surface area (Å²) in [5, 5.41) is 3.66. The number of rotatable bonds is 5. The van der Waals surface area contributed by atoms with Gasteiger partial charge in [-0.15, -0.1) is 0 Å². The Balaban J connectivity index is 1.96. The number of methoxy groups -OCH3 is 1. The number of nitrogens with zero attached hydrogens (tertiary/aromatic N) is 1. The highest BCUT2D eigenvalue weighted by Crippen LogP contribution is 2.27. The molecule has 3 heteroatoms. The minimum atomic E-state index is 0.573. The molecule has 1 N–H and O–H groups in total. The van der Waals surface area contributed by atoms with Crippen LogP contribution >= 0.6 is 0 Å². The molecule has 2 rings (SSSR count). The lowest BCUT2D eigenvalue weighted by Gasteiger charge is -2.28. The van der Waals surface area contributed by atoms with E-state index in [9.17, 15) is 0 Å². The number of hydrogen-bond acceptors (Lipinski definition) is 3. The summed E-state index contributed by atoms with van der Waals surface area (Å²) < 4.78 is 5.47. The molecule has 0 aliphatic heterocycles. The van der Waals surface area contributed by atoms with Gasteiger partial charge in [0.15, 0.2) is 0 Å². The second-order valence-corrected chi connectivity index (χ2v) is 6.11. The predicted octanol–water partition coefficient (Wildman–Crippen LogP) is 3.77. The molecule has 1 saturated carbocycles. The second kappa shape index (κ2) is 7.07. The fraction of sp³-hybridized carbons (Fsp3) is 0.706. The molecule has 1 heterocycles. The summed E-state index contributed by atoms with van der Waals surface area (Å²) in [7, 11) is 1.73. The Morgan fingerprint density at radius 3 is 2.65 bits per heavy atom. The number of ether oxygens (including phenoxy) is 1. The molecular formula is C17H28N2O. The van der Waals surface area contributed by atoms with Crippen molar-refractivity contribution < 1.29 is 4.74 Å². The summed E-state index contributed by atoms with van der Waals surface area (Å²) in [5.41, 5.74) is 3.38. The maximum absolute atomic E-state index is 5.47. The molecule has 1 unspecified atom stereocenters. The van der Waals surface area contributed by atoms with Crippen LogP contribution in [0.25, 0.3) is 0 Å². The minimum absolute atomic E-state index is 0.573. The van der Waals surface area contributed by atoms with Crippen molar-refractivity contribution in [1.29, 1.82) is 0 Å². The highest BCUT2D eigenvalue weighted by atomic mass is 16.5.